The van der Waals surface area contributed by atoms with E-state index in [9.17, 15) is 14.9 Å². The zero-order chi connectivity index (χ0) is 15.4. The van der Waals surface area contributed by atoms with E-state index in [1.807, 2.05) is 6.92 Å². The highest BCUT2D eigenvalue weighted by Gasteiger charge is 2.22. The number of benzene rings is 1. The van der Waals surface area contributed by atoms with Gasteiger partial charge in [-0.2, -0.15) is 0 Å². The fourth-order valence-electron chi connectivity index (χ4n) is 1.92. The third-order valence-corrected chi connectivity index (χ3v) is 3.07. The molecule has 0 atom stereocenters. The fourth-order valence-corrected chi connectivity index (χ4v) is 1.92. The highest BCUT2D eigenvalue weighted by Crippen LogP contribution is 2.25. The van der Waals surface area contributed by atoms with E-state index in [0.717, 1.165) is 11.1 Å². The average Bonchev–Trinajstić information content (AvgIpc) is 2.45. The Morgan fingerprint density at radius 3 is 2.86 bits per heavy atom. The predicted molar refractivity (Wildman–Crippen MR) is 77.7 cm³/mol. The van der Waals surface area contributed by atoms with Crippen LogP contribution in [0.1, 0.15) is 21.5 Å². The van der Waals surface area contributed by atoms with Gasteiger partial charge in [0.1, 0.15) is 11.3 Å². The number of nitro groups is 1. The van der Waals surface area contributed by atoms with Crippen LogP contribution in [0, 0.1) is 17.0 Å². The molecule has 2 rings (SSSR count). The molecule has 1 aromatic heterocycles. The van der Waals surface area contributed by atoms with Crippen molar-refractivity contribution in [2.45, 2.75) is 13.5 Å². The first-order valence-corrected chi connectivity index (χ1v) is 6.21. The number of nitrogens with zero attached hydrogens (tertiary/aromatic N) is 2. The molecular weight excluding hydrogens is 272 g/mol. The first-order chi connectivity index (χ1) is 10.0. The normalized spacial score (nSPS) is 10.1. The van der Waals surface area contributed by atoms with E-state index in [-0.39, 0.29) is 23.5 Å². The summed E-state index contributed by atoms with van der Waals surface area (Å²) in [5, 5.41) is 13.7. The van der Waals surface area contributed by atoms with Gasteiger partial charge in [0.25, 0.3) is 5.91 Å². The molecular formula is C14H14N4O3. The molecule has 3 N–H and O–H groups in total. The molecule has 0 saturated heterocycles. The molecule has 1 amide bonds. The van der Waals surface area contributed by atoms with E-state index in [1.165, 1.54) is 18.2 Å². The monoisotopic (exact) mass is 286 g/mol. The molecule has 0 aliphatic rings. The van der Waals surface area contributed by atoms with Gasteiger partial charge in [0.05, 0.1) is 4.92 Å². The van der Waals surface area contributed by atoms with Gasteiger partial charge in [-0.05, 0) is 36.2 Å². The molecule has 2 aromatic rings. The number of nitro benzene ring substituents is 1. The summed E-state index contributed by atoms with van der Waals surface area (Å²) in [6.07, 6.45) is 3.31. The summed E-state index contributed by atoms with van der Waals surface area (Å²) in [6.45, 7) is 2.14. The van der Waals surface area contributed by atoms with E-state index in [4.69, 9.17) is 5.73 Å². The highest BCUT2D eigenvalue weighted by molar-refractivity contribution is 6.00. The maximum absolute atomic E-state index is 12.1. The largest absolute Gasteiger partial charge is 0.393 e. The second-order valence-electron chi connectivity index (χ2n) is 4.49. The Balaban J connectivity index is 2.20. The zero-order valence-electron chi connectivity index (χ0n) is 11.4. The Bertz CT molecular complexity index is 700. The molecule has 7 heteroatoms. The number of para-hydroxylation sites is 1. The van der Waals surface area contributed by atoms with Gasteiger partial charge >= 0.3 is 5.69 Å². The third kappa shape index (κ3) is 3.14. The predicted octanol–water partition coefficient (Wildman–Crippen LogP) is 1.81. The average molecular weight is 286 g/mol. The first kappa shape index (κ1) is 14.4. The SMILES string of the molecule is Cc1cnccc1CNC(=O)c1cccc(N)c1[N+](=O)[O-]. The lowest BCUT2D eigenvalue weighted by molar-refractivity contribution is -0.384. The van der Waals surface area contributed by atoms with Crippen molar-refractivity contribution in [3.8, 4) is 0 Å². The summed E-state index contributed by atoms with van der Waals surface area (Å²) < 4.78 is 0. The Hall–Kier alpha value is -2.96. The first-order valence-electron chi connectivity index (χ1n) is 6.21. The quantitative estimate of drug-likeness (QED) is 0.506. The van der Waals surface area contributed by atoms with E-state index < -0.39 is 10.8 Å². The molecule has 0 spiro atoms. The second-order valence-corrected chi connectivity index (χ2v) is 4.49. The van der Waals surface area contributed by atoms with Gasteiger partial charge in [-0.1, -0.05) is 6.07 Å². The smallest absolute Gasteiger partial charge is 0.304 e. The molecule has 7 nitrogen and oxygen atoms in total. The van der Waals surface area contributed by atoms with Crippen molar-refractivity contribution >= 4 is 17.3 Å². The fraction of sp³-hybridized carbons (Fsp3) is 0.143. The summed E-state index contributed by atoms with van der Waals surface area (Å²) in [7, 11) is 0. The number of nitrogens with one attached hydrogen (secondary N) is 1. The van der Waals surface area contributed by atoms with Gasteiger partial charge in [0.15, 0.2) is 0 Å². The molecule has 108 valence electrons. The molecule has 0 bridgehead atoms. The van der Waals surface area contributed by atoms with Crippen molar-refractivity contribution in [3.05, 3.63) is 63.5 Å². The Morgan fingerprint density at radius 2 is 2.19 bits per heavy atom. The molecule has 21 heavy (non-hydrogen) atoms. The lowest BCUT2D eigenvalue weighted by Gasteiger charge is -2.08. The third-order valence-electron chi connectivity index (χ3n) is 3.07. The molecule has 0 radical (unpaired) electrons. The molecule has 1 aromatic carbocycles. The van der Waals surface area contributed by atoms with Crippen LogP contribution in [0.4, 0.5) is 11.4 Å². The van der Waals surface area contributed by atoms with Gasteiger partial charge in [-0.15, -0.1) is 0 Å². The maximum atomic E-state index is 12.1. The van der Waals surface area contributed by atoms with Gasteiger partial charge in [0, 0.05) is 18.9 Å². The van der Waals surface area contributed by atoms with Crippen LogP contribution in [-0.4, -0.2) is 15.8 Å². The Morgan fingerprint density at radius 1 is 1.43 bits per heavy atom. The molecule has 1 heterocycles. The summed E-state index contributed by atoms with van der Waals surface area (Å²) in [5.41, 5.74) is 6.93. The van der Waals surface area contributed by atoms with Crippen molar-refractivity contribution in [1.82, 2.24) is 10.3 Å². The molecule has 0 unspecified atom stereocenters. The van der Waals surface area contributed by atoms with Crippen molar-refractivity contribution < 1.29 is 9.72 Å². The molecule has 0 saturated carbocycles. The number of aromatic nitrogens is 1. The molecule has 0 fully saturated rings. The van der Waals surface area contributed by atoms with Crippen molar-refractivity contribution in [2.24, 2.45) is 0 Å². The van der Waals surface area contributed by atoms with Crippen LogP contribution in [0.15, 0.2) is 36.7 Å². The van der Waals surface area contributed by atoms with Gasteiger partial charge in [0.2, 0.25) is 0 Å². The minimum Gasteiger partial charge on any atom is -0.393 e. The minimum absolute atomic E-state index is 0.0345. The van der Waals surface area contributed by atoms with Gasteiger partial charge in [-0.3, -0.25) is 19.9 Å². The number of rotatable bonds is 4. The van der Waals surface area contributed by atoms with Crippen LogP contribution in [0.3, 0.4) is 0 Å². The van der Waals surface area contributed by atoms with E-state index in [0.29, 0.717) is 0 Å². The van der Waals surface area contributed by atoms with E-state index >= 15 is 0 Å². The van der Waals surface area contributed by atoms with Crippen LogP contribution in [0.2, 0.25) is 0 Å². The standard InChI is InChI=1S/C14H14N4O3/c1-9-7-16-6-5-10(9)8-17-14(19)11-3-2-4-12(15)13(11)18(20)21/h2-7H,8,15H2,1H3,(H,17,19). The number of aryl methyl sites for hydroxylation is 1. The highest BCUT2D eigenvalue weighted by atomic mass is 16.6. The number of pyridine rings is 1. The van der Waals surface area contributed by atoms with Crippen LogP contribution in [-0.2, 0) is 6.54 Å². The summed E-state index contributed by atoms with van der Waals surface area (Å²) >= 11 is 0. The van der Waals surface area contributed by atoms with Crippen LogP contribution in [0.25, 0.3) is 0 Å². The second kappa shape index (κ2) is 6.00. The molecule has 0 aliphatic carbocycles. The number of nitrogens with two attached hydrogens (primary N) is 1. The maximum Gasteiger partial charge on any atom is 0.304 e. The summed E-state index contributed by atoms with van der Waals surface area (Å²) in [5.74, 6) is -0.537. The minimum atomic E-state index is -0.651. The van der Waals surface area contributed by atoms with Crippen molar-refractivity contribution in [1.29, 1.82) is 0 Å². The summed E-state index contributed by atoms with van der Waals surface area (Å²) in [6, 6.07) is 6.06. The number of carbonyl (C=O) groups excluding carboxylic acids is 1. The van der Waals surface area contributed by atoms with Gasteiger partial charge < -0.3 is 11.1 Å². The number of hydrogen-bond acceptors (Lipinski definition) is 5. The van der Waals surface area contributed by atoms with Crippen molar-refractivity contribution in [3.63, 3.8) is 0 Å². The van der Waals surface area contributed by atoms with Crippen LogP contribution in [0.5, 0.6) is 0 Å². The lowest BCUT2D eigenvalue weighted by atomic mass is 10.1. The van der Waals surface area contributed by atoms with E-state index in [1.54, 1.807) is 18.5 Å². The molecule has 0 aliphatic heterocycles. The van der Waals surface area contributed by atoms with Crippen LogP contribution < -0.4 is 11.1 Å². The van der Waals surface area contributed by atoms with E-state index in [2.05, 4.69) is 10.3 Å². The number of hydrogen-bond donors (Lipinski definition) is 2. The van der Waals surface area contributed by atoms with Crippen molar-refractivity contribution in [2.75, 3.05) is 5.73 Å². The number of amides is 1. The number of anilines is 1. The summed E-state index contributed by atoms with van der Waals surface area (Å²) in [4.78, 5) is 26.4. The van der Waals surface area contributed by atoms with Gasteiger partial charge in [-0.25, -0.2) is 0 Å². The van der Waals surface area contributed by atoms with Crippen LogP contribution >= 0.6 is 0 Å². The Kier molecular flexibility index (Phi) is 4.13. The Labute approximate surface area is 121 Å². The number of nitrogen functional groups attached to an aromatic ring is 1. The number of carbonyl (C=O) groups is 1. The zero-order valence-corrected chi connectivity index (χ0v) is 11.4. The topological polar surface area (TPSA) is 111 Å². The lowest BCUT2D eigenvalue weighted by Crippen LogP contribution is -2.24.